The van der Waals surface area contributed by atoms with E-state index >= 15 is 0 Å². The first-order valence-electron chi connectivity index (χ1n) is 11.6. The summed E-state index contributed by atoms with van der Waals surface area (Å²) >= 11 is 0. The van der Waals surface area contributed by atoms with E-state index in [1.165, 1.54) is 9.80 Å². The molecule has 200 valence electrons. The molecule has 1 aliphatic rings. The van der Waals surface area contributed by atoms with Crippen molar-refractivity contribution in [2.24, 2.45) is 5.92 Å². The first-order valence-corrected chi connectivity index (χ1v) is 11.6. The third-order valence-corrected chi connectivity index (χ3v) is 6.03. The Morgan fingerprint density at radius 3 is 1.40 bits per heavy atom. The first-order chi connectivity index (χ1) is 16.3. The highest BCUT2D eigenvalue weighted by molar-refractivity contribution is 5.73. The summed E-state index contributed by atoms with van der Waals surface area (Å²) in [5.41, 5.74) is 0. The van der Waals surface area contributed by atoms with Crippen molar-refractivity contribution in [3.05, 3.63) is 0 Å². The molecule has 5 N–H and O–H groups in total. The molecule has 0 spiro atoms. The lowest BCUT2D eigenvalue weighted by Crippen LogP contribution is -2.59. The summed E-state index contributed by atoms with van der Waals surface area (Å²) in [5, 5.41) is 46.9. The minimum absolute atomic E-state index is 0.0419. The van der Waals surface area contributed by atoms with Crippen molar-refractivity contribution < 1.29 is 49.5 Å². The lowest BCUT2D eigenvalue weighted by Gasteiger charge is -2.45. The van der Waals surface area contributed by atoms with Crippen LogP contribution in [0.1, 0.15) is 46.0 Å². The van der Waals surface area contributed by atoms with Crippen LogP contribution in [0.2, 0.25) is 0 Å². The van der Waals surface area contributed by atoms with Crippen molar-refractivity contribution in [1.29, 1.82) is 0 Å². The number of hydrogen-bond acceptors (Lipinski definition) is 8. The standard InChI is InChI=1S/C22H37N3O10/c1-14(2)7-15(23(9-18(26)27)10-19(28)29)8-24(11-20(30)31)16-5-3-4-6-17(16)25(12-21(32)33)13-22(34)35/h14-17H,3-13H2,1-2H3,(H,26,27)(H,28,29)(H,30,31)(H,32,33)(H,34,35). The molecule has 0 saturated heterocycles. The summed E-state index contributed by atoms with van der Waals surface area (Å²) < 4.78 is 0. The molecule has 0 amide bonds. The van der Waals surface area contributed by atoms with Crippen molar-refractivity contribution in [1.82, 2.24) is 14.7 Å². The fourth-order valence-corrected chi connectivity index (χ4v) is 4.89. The predicted molar refractivity (Wildman–Crippen MR) is 122 cm³/mol. The topological polar surface area (TPSA) is 196 Å². The second kappa shape index (κ2) is 14.6. The molecule has 35 heavy (non-hydrogen) atoms. The number of rotatable bonds is 17. The maximum atomic E-state index is 11.8. The summed E-state index contributed by atoms with van der Waals surface area (Å²) in [6, 6.07) is -1.64. The highest BCUT2D eigenvalue weighted by atomic mass is 16.4. The van der Waals surface area contributed by atoms with Crippen LogP contribution in [0.4, 0.5) is 0 Å². The van der Waals surface area contributed by atoms with Gasteiger partial charge in [0.05, 0.1) is 32.7 Å². The minimum atomic E-state index is -1.21. The molecule has 1 aliphatic carbocycles. The van der Waals surface area contributed by atoms with Crippen LogP contribution in [0, 0.1) is 5.92 Å². The Labute approximate surface area is 203 Å². The molecule has 0 radical (unpaired) electrons. The number of nitrogens with zero attached hydrogens (tertiary/aromatic N) is 3. The van der Waals surface area contributed by atoms with Crippen LogP contribution in [-0.4, -0.2) is 127 Å². The van der Waals surface area contributed by atoms with E-state index in [2.05, 4.69) is 0 Å². The zero-order valence-electron chi connectivity index (χ0n) is 20.2. The van der Waals surface area contributed by atoms with E-state index in [4.69, 9.17) is 0 Å². The Kier molecular flexibility index (Phi) is 12.6. The van der Waals surface area contributed by atoms with Gasteiger partial charge >= 0.3 is 29.8 Å². The Morgan fingerprint density at radius 1 is 0.657 bits per heavy atom. The van der Waals surface area contributed by atoms with E-state index in [9.17, 15) is 49.5 Å². The molecule has 0 aromatic carbocycles. The molecule has 1 rings (SSSR count). The minimum Gasteiger partial charge on any atom is -0.480 e. The van der Waals surface area contributed by atoms with Crippen LogP contribution in [0.5, 0.6) is 0 Å². The van der Waals surface area contributed by atoms with E-state index in [1.807, 2.05) is 13.8 Å². The average Bonchev–Trinajstić information content (AvgIpc) is 2.69. The van der Waals surface area contributed by atoms with Gasteiger partial charge in [-0.3, -0.25) is 38.7 Å². The Balaban J connectivity index is 3.36. The molecule has 0 aromatic heterocycles. The average molecular weight is 504 g/mol. The van der Waals surface area contributed by atoms with Gasteiger partial charge in [0, 0.05) is 24.7 Å². The van der Waals surface area contributed by atoms with Crippen LogP contribution < -0.4 is 0 Å². The van der Waals surface area contributed by atoms with Gasteiger partial charge in [0.25, 0.3) is 0 Å². The molecule has 13 nitrogen and oxygen atoms in total. The Bertz CT molecular complexity index is 728. The van der Waals surface area contributed by atoms with Crippen molar-refractivity contribution in [3.63, 3.8) is 0 Å². The molecule has 3 unspecified atom stereocenters. The van der Waals surface area contributed by atoms with Crippen molar-refractivity contribution in [2.45, 2.75) is 64.1 Å². The summed E-state index contributed by atoms with van der Waals surface area (Å²) in [6.07, 6.45) is 2.83. The Morgan fingerprint density at radius 2 is 1.03 bits per heavy atom. The van der Waals surface area contributed by atoms with Gasteiger partial charge in [-0.1, -0.05) is 26.7 Å². The van der Waals surface area contributed by atoms with Gasteiger partial charge in [-0.15, -0.1) is 0 Å². The zero-order chi connectivity index (χ0) is 26.7. The monoisotopic (exact) mass is 503 g/mol. The fourth-order valence-electron chi connectivity index (χ4n) is 4.89. The van der Waals surface area contributed by atoms with Crippen LogP contribution >= 0.6 is 0 Å². The van der Waals surface area contributed by atoms with Gasteiger partial charge in [0.15, 0.2) is 0 Å². The maximum absolute atomic E-state index is 11.8. The van der Waals surface area contributed by atoms with Gasteiger partial charge in [0.2, 0.25) is 0 Å². The number of carboxylic acids is 5. The fraction of sp³-hybridized carbons (Fsp3) is 0.773. The summed E-state index contributed by atoms with van der Waals surface area (Å²) in [6.45, 7) is 1.27. The molecule has 0 aromatic rings. The lowest BCUT2D eigenvalue weighted by atomic mass is 9.87. The molecule has 1 fully saturated rings. The molecule has 1 saturated carbocycles. The van der Waals surface area contributed by atoms with Crippen LogP contribution in [0.25, 0.3) is 0 Å². The van der Waals surface area contributed by atoms with Gasteiger partial charge in [-0.25, -0.2) is 0 Å². The second-order valence-corrected chi connectivity index (χ2v) is 9.41. The smallest absolute Gasteiger partial charge is 0.317 e. The largest absolute Gasteiger partial charge is 0.480 e. The first kappa shape index (κ1) is 30.3. The molecule has 0 aliphatic heterocycles. The molecule has 3 atom stereocenters. The number of carboxylic acid groups (broad SMARTS) is 5. The maximum Gasteiger partial charge on any atom is 0.317 e. The van der Waals surface area contributed by atoms with Crippen molar-refractivity contribution in [3.8, 4) is 0 Å². The summed E-state index contributed by atoms with van der Waals surface area (Å²) in [5.74, 6) is -5.93. The van der Waals surface area contributed by atoms with E-state index in [-0.39, 0.29) is 12.5 Å². The SMILES string of the molecule is CC(C)CC(CN(CC(=O)O)C1CCCCC1N(CC(=O)O)CC(=O)O)N(CC(=O)O)CC(=O)O. The highest BCUT2D eigenvalue weighted by Crippen LogP contribution is 2.28. The molecule has 13 heteroatoms. The van der Waals surface area contributed by atoms with Crippen LogP contribution in [-0.2, 0) is 24.0 Å². The van der Waals surface area contributed by atoms with Crippen molar-refractivity contribution in [2.75, 3.05) is 39.3 Å². The van der Waals surface area contributed by atoms with Crippen LogP contribution in [0.15, 0.2) is 0 Å². The van der Waals surface area contributed by atoms with E-state index < -0.39 is 80.7 Å². The van der Waals surface area contributed by atoms with Crippen LogP contribution in [0.3, 0.4) is 0 Å². The quantitative estimate of drug-likeness (QED) is 0.179. The predicted octanol–water partition coefficient (Wildman–Crippen LogP) is 0.0413. The van der Waals surface area contributed by atoms with E-state index in [0.29, 0.717) is 19.3 Å². The Hall–Kier alpha value is -2.77. The zero-order valence-corrected chi connectivity index (χ0v) is 20.2. The van der Waals surface area contributed by atoms with Gasteiger partial charge in [-0.05, 0) is 25.2 Å². The normalized spacial score (nSPS) is 19.3. The molecule has 0 heterocycles. The lowest BCUT2D eigenvalue weighted by molar-refractivity contribution is -0.146. The third-order valence-electron chi connectivity index (χ3n) is 6.03. The highest BCUT2D eigenvalue weighted by Gasteiger charge is 2.38. The van der Waals surface area contributed by atoms with Gasteiger partial charge in [-0.2, -0.15) is 0 Å². The van der Waals surface area contributed by atoms with E-state index in [0.717, 1.165) is 12.8 Å². The van der Waals surface area contributed by atoms with Gasteiger partial charge in [0.1, 0.15) is 0 Å². The van der Waals surface area contributed by atoms with Gasteiger partial charge < -0.3 is 25.5 Å². The second-order valence-electron chi connectivity index (χ2n) is 9.41. The van der Waals surface area contributed by atoms with Crippen molar-refractivity contribution >= 4 is 29.8 Å². The number of hydrogen-bond donors (Lipinski definition) is 5. The molecular weight excluding hydrogens is 466 g/mol. The van der Waals surface area contributed by atoms with E-state index in [1.54, 1.807) is 4.90 Å². The third kappa shape index (κ3) is 11.5. The molecular formula is C22H37N3O10. The summed E-state index contributed by atoms with van der Waals surface area (Å²) in [4.78, 5) is 61.7. The number of carbonyl (C=O) groups is 5. The summed E-state index contributed by atoms with van der Waals surface area (Å²) in [7, 11) is 0. The number of aliphatic carboxylic acids is 5. The molecule has 0 bridgehead atoms.